The van der Waals surface area contributed by atoms with Crippen molar-refractivity contribution in [3.8, 4) is 0 Å². The Labute approximate surface area is 89.7 Å². The van der Waals surface area contributed by atoms with Gasteiger partial charge in [0.25, 0.3) is 0 Å². The second-order valence-corrected chi connectivity index (χ2v) is 3.67. The third-order valence-corrected chi connectivity index (χ3v) is 2.26. The summed E-state index contributed by atoms with van der Waals surface area (Å²) in [4.78, 5) is 20.2. The normalized spacial score (nSPS) is 12.5. The fourth-order valence-corrected chi connectivity index (χ4v) is 1.42. The molecule has 1 amide bonds. The highest BCUT2D eigenvalue weighted by atomic mass is 16.2. The molecular weight excluding hydrogens is 192 g/mol. The summed E-state index contributed by atoms with van der Waals surface area (Å²) in [6, 6.07) is -0.386. The summed E-state index contributed by atoms with van der Waals surface area (Å²) in [5.74, 6) is -0.0218. The molecule has 0 aliphatic rings. The molecule has 0 aromatic carbocycles. The van der Waals surface area contributed by atoms with Crippen molar-refractivity contribution in [3.05, 3.63) is 18.2 Å². The van der Waals surface area contributed by atoms with Crippen LogP contribution in [0.3, 0.4) is 0 Å². The number of aromatic nitrogens is 2. The lowest BCUT2D eigenvalue weighted by molar-refractivity contribution is -0.132. The summed E-state index contributed by atoms with van der Waals surface area (Å²) in [6.07, 6.45) is 4.95. The lowest BCUT2D eigenvalue weighted by atomic mass is 10.1. The highest BCUT2D eigenvalue weighted by molar-refractivity contribution is 5.81. The highest BCUT2D eigenvalue weighted by Crippen LogP contribution is 2.02. The molecule has 15 heavy (non-hydrogen) atoms. The van der Waals surface area contributed by atoms with Gasteiger partial charge in [-0.15, -0.1) is 0 Å². The van der Waals surface area contributed by atoms with Crippen LogP contribution in [0.4, 0.5) is 0 Å². The Bertz CT molecular complexity index is 296. The van der Waals surface area contributed by atoms with Crippen molar-refractivity contribution in [2.24, 2.45) is 5.73 Å². The molecule has 0 aliphatic heterocycles. The molecule has 0 radical (unpaired) electrons. The van der Waals surface area contributed by atoms with Gasteiger partial charge in [0.15, 0.2) is 0 Å². The molecular formula is C10H18N4O. The number of nitrogens with zero attached hydrogens (tertiary/aromatic N) is 2. The Morgan fingerprint density at radius 1 is 1.73 bits per heavy atom. The first kappa shape index (κ1) is 11.7. The van der Waals surface area contributed by atoms with E-state index in [1.54, 1.807) is 24.5 Å². The number of H-pyrrole nitrogens is 1. The van der Waals surface area contributed by atoms with Gasteiger partial charge in [0.05, 0.1) is 24.6 Å². The third-order valence-electron chi connectivity index (χ3n) is 2.26. The van der Waals surface area contributed by atoms with Gasteiger partial charge in [-0.3, -0.25) is 4.79 Å². The van der Waals surface area contributed by atoms with Crippen LogP contribution in [0.15, 0.2) is 12.5 Å². The summed E-state index contributed by atoms with van der Waals surface area (Å²) in [6.45, 7) is 2.54. The van der Waals surface area contributed by atoms with Crippen molar-refractivity contribution in [2.75, 3.05) is 7.05 Å². The molecule has 5 nitrogen and oxygen atoms in total. The molecule has 5 heteroatoms. The number of hydrogen-bond donors (Lipinski definition) is 2. The van der Waals surface area contributed by atoms with E-state index in [1.165, 1.54) is 0 Å². The fourth-order valence-electron chi connectivity index (χ4n) is 1.42. The van der Waals surface area contributed by atoms with Crippen LogP contribution in [-0.4, -0.2) is 33.9 Å². The zero-order valence-electron chi connectivity index (χ0n) is 9.23. The van der Waals surface area contributed by atoms with E-state index in [0.717, 1.165) is 18.5 Å². The summed E-state index contributed by atoms with van der Waals surface area (Å²) < 4.78 is 0. The maximum atomic E-state index is 11.7. The van der Waals surface area contributed by atoms with E-state index >= 15 is 0 Å². The molecule has 1 atom stereocenters. The van der Waals surface area contributed by atoms with Crippen LogP contribution in [0.25, 0.3) is 0 Å². The Kier molecular flexibility index (Phi) is 4.30. The minimum absolute atomic E-state index is 0.0218. The molecule has 0 saturated heterocycles. The van der Waals surface area contributed by atoms with Crippen LogP contribution < -0.4 is 5.73 Å². The minimum Gasteiger partial charge on any atom is -0.347 e. The van der Waals surface area contributed by atoms with Gasteiger partial charge in [0.2, 0.25) is 5.91 Å². The van der Waals surface area contributed by atoms with Gasteiger partial charge in [-0.1, -0.05) is 13.3 Å². The van der Waals surface area contributed by atoms with Gasteiger partial charge in [-0.2, -0.15) is 0 Å². The molecule has 1 aromatic rings. The number of rotatable bonds is 5. The third kappa shape index (κ3) is 3.36. The van der Waals surface area contributed by atoms with Crippen LogP contribution in [0.5, 0.6) is 0 Å². The van der Waals surface area contributed by atoms with Crippen molar-refractivity contribution in [2.45, 2.75) is 32.4 Å². The molecule has 0 bridgehead atoms. The van der Waals surface area contributed by atoms with Crippen molar-refractivity contribution in [1.82, 2.24) is 14.9 Å². The Balaban J connectivity index is 2.46. The molecule has 1 unspecified atom stereocenters. The molecule has 3 N–H and O–H groups in total. The highest BCUT2D eigenvalue weighted by Gasteiger charge is 2.17. The monoisotopic (exact) mass is 210 g/mol. The van der Waals surface area contributed by atoms with Crippen LogP contribution in [0.2, 0.25) is 0 Å². The smallest absolute Gasteiger partial charge is 0.239 e. The molecule has 0 fully saturated rings. The predicted molar refractivity (Wildman–Crippen MR) is 57.9 cm³/mol. The van der Waals surface area contributed by atoms with Crippen LogP contribution in [0.1, 0.15) is 25.5 Å². The number of hydrogen-bond acceptors (Lipinski definition) is 3. The van der Waals surface area contributed by atoms with E-state index in [9.17, 15) is 4.79 Å². The van der Waals surface area contributed by atoms with Gasteiger partial charge < -0.3 is 15.6 Å². The van der Waals surface area contributed by atoms with E-state index in [-0.39, 0.29) is 11.9 Å². The van der Waals surface area contributed by atoms with Gasteiger partial charge in [0.1, 0.15) is 0 Å². The standard InChI is InChI=1S/C10H18N4O/c1-3-4-9(11)10(15)14(2)6-8-5-12-7-13-8/h5,7,9H,3-4,6,11H2,1-2H3,(H,12,13). The minimum atomic E-state index is -0.386. The number of aromatic amines is 1. The Morgan fingerprint density at radius 2 is 2.47 bits per heavy atom. The maximum absolute atomic E-state index is 11.7. The van der Waals surface area contributed by atoms with Gasteiger partial charge in [-0.05, 0) is 6.42 Å². The molecule has 1 aromatic heterocycles. The van der Waals surface area contributed by atoms with Gasteiger partial charge in [0, 0.05) is 13.2 Å². The number of carbonyl (C=O) groups excluding carboxylic acids is 1. The average molecular weight is 210 g/mol. The maximum Gasteiger partial charge on any atom is 0.239 e. The van der Waals surface area contributed by atoms with Crippen molar-refractivity contribution in [3.63, 3.8) is 0 Å². The van der Waals surface area contributed by atoms with Crippen LogP contribution in [-0.2, 0) is 11.3 Å². The molecule has 1 rings (SSSR count). The average Bonchev–Trinajstić information content (AvgIpc) is 2.69. The van der Waals surface area contributed by atoms with Crippen molar-refractivity contribution >= 4 is 5.91 Å². The van der Waals surface area contributed by atoms with E-state index in [2.05, 4.69) is 9.97 Å². The largest absolute Gasteiger partial charge is 0.347 e. The molecule has 1 heterocycles. The fraction of sp³-hybridized carbons (Fsp3) is 0.600. The number of nitrogens with one attached hydrogen (secondary N) is 1. The first-order chi connectivity index (χ1) is 7.15. The molecule has 0 saturated carbocycles. The first-order valence-corrected chi connectivity index (χ1v) is 5.13. The van der Waals surface area contributed by atoms with Crippen LogP contribution >= 0.6 is 0 Å². The van der Waals surface area contributed by atoms with E-state index in [1.807, 2.05) is 6.92 Å². The number of imidazole rings is 1. The predicted octanol–water partition coefficient (Wildman–Crippen LogP) is 0.495. The SMILES string of the molecule is CCCC(N)C(=O)N(C)Cc1cnc[nH]1. The molecule has 84 valence electrons. The summed E-state index contributed by atoms with van der Waals surface area (Å²) in [5, 5.41) is 0. The number of nitrogens with two attached hydrogens (primary N) is 1. The van der Waals surface area contributed by atoms with E-state index < -0.39 is 0 Å². The topological polar surface area (TPSA) is 75.0 Å². The quantitative estimate of drug-likeness (QED) is 0.743. The Morgan fingerprint density at radius 3 is 3.00 bits per heavy atom. The lowest BCUT2D eigenvalue weighted by Crippen LogP contribution is -2.41. The summed E-state index contributed by atoms with van der Waals surface area (Å²) in [5.41, 5.74) is 6.65. The number of amides is 1. The number of likely N-dealkylation sites (N-methyl/N-ethyl adjacent to an activating group) is 1. The zero-order chi connectivity index (χ0) is 11.3. The Hall–Kier alpha value is -1.36. The van der Waals surface area contributed by atoms with Crippen LogP contribution in [0, 0.1) is 0 Å². The van der Waals surface area contributed by atoms with E-state index in [0.29, 0.717) is 6.54 Å². The second kappa shape index (κ2) is 5.50. The van der Waals surface area contributed by atoms with Gasteiger partial charge in [-0.25, -0.2) is 4.98 Å². The van der Waals surface area contributed by atoms with Gasteiger partial charge >= 0.3 is 0 Å². The van der Waals surface area contributed by atoms with Crippen molar-refractivity contribution < 1.29 is 4.79 Å². The molecule has 0 spiro atoms. The first-order valence-electron chi connectivity index (χ1n) is 5.13. The molecule has 0 aliphatic carbocycles. The lowest BCUT2D eigenvalue weighted by Gasteiger charge is -2.20. The second-order valence-electron chi connectivity index (χ2n) is 3.67. The zero-order valence-corrected chi connectivity index (χ0v) is 9.23. The number of carbonyl (C=O) groups is 1. The van der Waals surface area contributed by atoms with E-state index in [4.69, 9.17) is 5.73 Å². The van der Waals surface area contributed by atoms with Crippen molar-refractivity contribution in [1.29, 1.82) is 0 Å². The summed E-state index contributed by atoms with van der Waals surface area (Å²) in [7, 11) is 1.75. The summed E-state index contributed by atoms with van der Waals surface area (Å²) >= 11 is 0.